The van der Waals surface area contributed by atoms with Crippen molar-refractivity contribution in [2.45, 2.75) is 63.9 Å². The summed E-state index contributed by atoms with van der Waals surface area (Å²) in [5.74, 6) is 2.18. The Kier molecular flexibility index (Phi) is 5.97. The van der Waals surface area contributed by atoms with Crippen LogP contribution in [0.2, 0.25) is 0 Å². The molecule has 1 saturated carbocycles. The minimum atomic E-state index is -0.213. The molecule has 1 atom stereocenters. The monoisotopic (exact) mass is 502 g/mol. The minimum Gasteiger partial charge on any atom is -0.393 e. The lowest BCUT2D eigenvalue weighted by Crippen LogP contribution is -2.18. The number of aliphatic hydroxyl groups excluding tert-OH is 1. The summed E-state index contributed by atoms with van der Waals surface area (Å²) in [6.07, 6.45) is 10.1. The Morgan fingerprint density at radius 3 is 2.69 bits per heavy atom. The van der Waals surface area contributed by atoms with Crippen LogP contribution in [0.5, 0.6) is 0 Å². The van der Waals surface area contributed by atoms with Crippen molar-refractivity contribution >= 4 is 33.7 Å². The van der Waals surface area contributed by atoms with E-state index in [2.05, 4.69) is 27.2 Å². The molecule has 36 heavy (non-hydrogen) atoms. The molecule has 0 spiro atoms. The number of carbonyl (C=O) groups is 1. The highest BCUT2D eigenvalue weighted by Gasteiger charge is 2.25. The Labute approximate surface area is 213 Å². The number of nitrogens with two attached hydrogens (primary N) is 1. The van der Waals surface area contributed by atoms with Gasteiger partial charge in [-0.25, -0.2) is 15.0 Å². The molecule has 0 saturated heterocycles. The summed E-state index contributed by atoms with van der Waals surface area (Å²) in [4.78, 5) is 28.0. The van der Waals surface area contributed by atoms with Gasteiger partial charge in [-0.3, -0.25) is 14.5 Å². The number of aliphatic hydroxyl groups is 1. The maximum atomic E-state index is 12.9. The number of nitrogen functional groups attached to an aromatic ring is 1. The quantitative estimate of drug-likeness (QED) is 0.368. The summed E-state index contributed by atoms with van der Waals surface area (Å²) < 4.78 is 2.03. The van der Waals surface area contributed by atoms with Gasteiger partial charge < -0.3 is 10.8 Å². The molecule has 0 aliphatic heterocycles. The zero-order valence-electron chi connectivity index (χ0n) is 20.3. The molecular weight excluding hydrogens is 472 g/mol. The average Bonchev–Trinajstić information content (AvgIpc) is 3.48. The van der Waals surface area contributed by atoms with E-state index in [0.717, 1.165) is 73.2 Å². The van der Waals surface area contributed by atoms with Crippen molar-refractivity contribution in [3.63, 3.8) is 0 Å². The van der Waals surface area contributed by atoms with E-state index in [1.807, 2.05) is 22.7 Å². The van der Waals surface area contributed by atoms with Crippen LogP contribution in [0, 0.1) is 5.92 Å². The first kappa shape index (κ1) is 23.1. The number of rotatable bonds is 4. The van der Waals surface area contributed by atoms with Gasteiger partial charge in [0.1, 0.15) is 17.2 Å². The van der Waals surface area contributed by atoms with Crippen molar-refractivity contribution < 1.29 is 9.90 Å². The number of thiazole rings is 1. The van der Waals surface area contributed by atoms with Crippen LogP contribution in [0.15, 0.2) is 36.7 Å². The van der Waals surface area contributed by atoms with Gasteiger partial charge in [0.05, 0.1) is 23.7 Å². The fourth-order valence-electron chi connectivity index (χ4n) is 5.37. The third kappa shape index (κ3) is 4.37. The van der Waals surface area contributed by atoms with Gasteiger partial charge >= 0.3 is 0 Å². The van der Waals surface area contributed by atoms with E-state index < -0.39 is 0 Å². The molecule has 3 aromatic heterocycles. The first-order valence-electron chi connectivity index (χ1n) is 12.7. The van der Waals surface area contributed by atoms with E-state index in [9.17, 15) is 9.90 Å². The van der Waals surface area contributed by atoms with Crippen molar-refractivity contribution in [1.82, 2.24) is 19.4 Å². The van der Waals surface area contributed by atoms with Crippen LogP contribution in [-0.4, -0.2) is 36.5 Å². The minimum absolute atomic E-state index is 0.167. The van der Waals surface area contributed by atoms with Gasteiger partial charge in [0, 0.05) is 28.1 Å². The third-order valence-corrected chi connectivity index (χ3v) is 8.53. The maximum absolute atomic E-state index is 12.9. The van der Waals surface area contributed by atoms with Gasteiger partial charge in [-0.1, -0.05) is 19.1 Å². The van der Waals surface area contributed by atoms with E-state index in [1.165, 1.54) is 4.88 Å². The van der Waals surface area contributed by atoms with Crippen molar-refractivity contribution in [3.05, 3.63) is 58.6 Å². The first-order valence-corrected chi connectivity index (χ1v) is 13.5. The van der Waals surface area contributed by atoms with Gasteiger partial charge in [-0.15, -0.1) is 11.3 Å². The van der Waals surface area contributed by atoms with E-state index >= 15 is 0 Å². The summed E-state index contributed by atoms with van der Waals surface area (Å²) in [5, 5.41) is 13.5. The molecule has 2 aliphatic carbocycles. The number of fused-ring (bicyclic) bond motifs is 2. The maximum Gasteiger partial charge on any atom is 0.257 e. The molecule has 4 aromatic rings. The molecule has 9 heteroatoms. The van der Waals surface area contributed by atoms with Gasteiger partial charge in [0.15, 0.2) is 5.13 Å². The van der Waals surface area contributed by atoms with E-state index in [1.54, 1.807) is 29.7 Å². The lowest BCUT2D eigenvalue weighted by Gasteiger charge is -2.24. The first-order chi connectivity index (χ1) is 17.4. The smallest absolute Gasteiger partial charge is 0.257 e. The van der Waals surface area contributed by atoms with Gasteiger partial charge in [-0.2, -0.15) is 0 Å². The Balaban J connectivity index is 1.22. The number of nitrogens with zero attached hydrogens (tertiary/aromatic N) is 4. The summed E-state index contributed by atoms with van der Waals surface area (Å²) in [5.41, 5.74) is 10.4. The molecule has 1 fully saturated rings. The number of anilines is 2. The number of nitrogens with one attached hydrogen (secondary N) is 1. The van der Waals surface area contributed by atoms with Gasteiger partial charge in [0.25, 0.3) is 5.91 Å². The molecule has 2 aliphatic rings. The van der Waals surface area contributed by atoms with Crippen molar-refractivity contribution in [2.75, 3.05) is 11.1 Å². The van der Waals surface area contributed by atoms with E-state index in [0.29, 0.717) is 22.4 Å². The van der Waals surface area contributed by atoms with Gasteiger partial charge in [-0.05, 0) is 63.0 Å². The summed E-state index contributed by atoms with van der Waals surface area (Å²) in [6.45, 7) is 2.26. The largest absolute Gasteiger partial charge is 0.393 e. The molecule has 6 rings (SSSR count). The second kappa shape index (κ2) is 9.29. The molecule has 0 radical (unpaired) electrons. The number of hydrogen-bond donors (Lipinski definition) is 3. The predicted molar refractivity (Wildman–Crippen MR) is 141 cm³/mol. The number of aryl methyl sites for hydroxylation is 1. The molecule has 1 unspecified atom stereocenters. The normalized spacial score (nSPS) is 21.9. The fourth-order valence-corrected chi connectivity index (χ4v) is 6.53. The van der Waals surface area contributed by atoms with Crippen molar-refractivity contribution in [2.24, 2.45) is 5.92 Å². The molecular formula is C27H30N6O2S. The van der Waals surface area contributed by atoms with Crippen LogP contribution in [0.25, 0.3) is 16.8 Å². The number of carbonyl (C=O) groups excluding carboxylic acids is 1. The lowest BCUT2D eigenvalue weighted by atomic mass is 9.87. The van der Waals surface area contributed by atoms with Crippen LogP contribution in [0.4, 0.5) is 10.9 Å². The van der Waals surface area contributed by atoms with Gasteiger partial charge in [0.2, 0.25) is 0 Å². The van der Waals surface area contributed by atoms with Crippen LogP contribution in [0.1, 0.15) is 71.7 Å². The number of imidazole rings is 1. The second-order valence-electron chi connectivity index (χ2n) is 10.2. The highest BCUT2D eigenvalue weighted by Crippen LogP contribution is 2.34. The zero-order valence-corrected chi connectivity index (χ0v) is 21.1. The van der Waals surface area contributed by atoms with Crippen LogP contribution in [-0.2, 0) is 12.8 Å². The Morgan fingerprint density at radius 2 is 1.92 bits per heavy atom. The molecule has 186 valence electrons. The molecule has 1 aromatic carbocycles. The molecule has 1 amide bonds. The van der Waals surface area contributed by atoms with Crippen LogP contribution in [0.3, 0.4) is 0 Å². The summed E-state index contributed by atoms with van der Waals surface area (Å²) in [7, 11) is 0. The van der Waals surface area contributed by atoms with Crippen molar-refractivity contribution in [3.8, 4) is 11.3 Å². The Morgan fingerprint density at radius 1 is 1.14 bits per heavy atom. The zero-order chi connectivity index (χ0) is 24.8. The summed E-state index contributed by atoms with van der Waals surface area (Å²) in [6, 6.07) is 7.40. The fraction of sp³-hybridized carbons (Fsp3) is 0.407. The van der Waals surface area contributed by atoms with Crippen LogP contribution < -0.4 is 11.1 Å². The van der Waals surface area contributed by atoms with E-state index in [4.69, 9.17) is 5.73 Å². The molecule has 3 heterocycles. The topological polar surface area (TPSA) is 118 Å². The lowest BCUT2D eigenvalue weighted by molar-refractivity contribution is 0.102. The van der Waals surface area contributed by atoms with Crippen molar-refractivity contribution in [1.29, 1.82) is 0 Å². The standard InChI is InChI=1S/C27H30N6O2S/c1-15-2-11-20-23(12-15)36-27(31-20)32-26(35)18-5-3-16(4-6-18)21-14-33-22(24(28)30-21)13-29-25(33)17-7-9-19(34)10-8-17/h3-6,13-15,17,19,34H,2,7-12H2,1H3,(H2,28,30)(H,31,32,35)/t15?,17-,19-. The predicted octanol–water partition coefficient (Wildman–Crippen LogP) is 4.83. The number of hydrogen-bond acceptors (Lipinski definition) is 7. The SMILES string of the molecule is CC1CCc2nc(NC(=O)c3ccc(-c4cn5c(cnc5[C@H]5CC[C@H](O)CC5)c(N)n4)cc3)sc2C1. The molecule has 8 nitrogen and oxygen atoms in total. The molecule has 4 N–H and O–H groups in total. The highest BCUT2D eigenvalue weighted by atomic mass is 32.1. The number of benzene rings is 1. The average molecular weight is 503 g/mol. The Hall–Kier alpha value is -3.30. The van der Waals surface area contributed by atoms with E-state index in [-0.39, 0.29) is 17.9 Å². The number of amides is 1. The Bertz CT molecular complexity index is 1420. The number of aromatic nitrogens is 4. The summed E-state index contributed by atoms with van der Waals surface area (Å²) >= 11 is 1.59. The third-order valence-electron chi connectivity index (χ3n) is 7.49. The molecule has 0 bridgehead atoms. The van der Waals surface area contributed by atoms with Crippen LogP contribution >= 0.6 is 11.3 Å². The second-order valence-corrected chi connectivity index (χ2v) is 11.2. The highest BCUT2D eigenvalue weighted by molar-refractivity contribution is 7.15.